The molecule has 0 N–H and O–H groups in total. The third-order valence-corrected chi connectivity index (χ3v) is 0.959. The van der Waals surface area contributed by atoms with E-state index in [9.17, 15) is 4.79 Å². The SMILES string of the molecule is CCOCC=CC(=O)OCC. The number of hydrogen-bond donors (Lipinski definition) is 0. The van der Waals surface area contributed by atoms with Gasteiger partial charge in [-0.25, -0.2) is 4.79 Å². The molecule has 0 aliphatic heterocycles. The molecular weight excluding hydrogens is 144 g/mol. The Hall–Kier alpha value is -0.830. The highest BCUT2D eigenvalue weighted by molar-refractivity contribution is 5.81. The van der Waals surface area contributed by atoms with Crippen LogP contribution in [0.25, 0.3) is 0 Å². The van der Waals surface area contributed by atoms with Crippen molar-refractivity contribution in [3.05, 3.63) is 12.2 Å². The molecule has 0 saturated heterocycles. The average molecular weight is 158 g/mol. The second-order valence-corrected chi connectivity index (χ2v) is 1.81. The lowest BCUT2D eigenvalue weighted by Crippen LogP contribution is -1.99. The predicted molar refractivity (Wildman–Crippen MR) is 42.3 cm³/mol. The summed E-state index contributed by atoms with van der Waals surface area (Å²) < 4.78 is 9.61. The van der Waals surface area contributed by atoms with E-state index < -0.39 is 0 Å². The van der Waals surface area contributed by atoms with Gasteiger partial charge in [-0.1, -0.05) is 6.08 Å². The Morgan fingerprint density at radius 2 is 2.09 bits per heavy atom. The van der Waals surface area contributed by atoms with Crippen molar-refractivity contribution in [1.82, 2.24) is 0 Å². The minimum absolute atomic E-state index is 0.313. The quantitative estimate of drug-likeness (QED) is 0.342. The highest BCUT2D eigenvalue weighted by Crippen LogP contribution is 1.82. The molecular formula is C8H14O3. The molecule has 0 heterocycles. The molecule has 11 heavy (non-hydrogen) atoms. The monoisotopic (exact) mass is 158 g/mol. The van der Waals surface area contributed by atoms with Crippen molar-refractivity contribution >= 4 is 5.97 Å². The fraction of sp³-hybridized carbons (Fsp3) is 0.625. The Bertz CT molecular complexity index is 129. The second-order valence-electron chi connectivity index (χ2n) is 1.81. The van der Waals surface area contributed by atoms with Crippen LogP contribution in [-0.4, -0.2) is 25.8 Å². The summed E-state index contributed by atoms with van der Waals surface area (Å²) in [4.78, 5) is 10.6. The van der Waals surface area contributed by atoms with Crippen molar-refractivity contribution in [3.63, 3.8) is 0 Å². The predicted octanol–water partition coefficient (Wildman–Crippen LogP) is 1.14. The van der Waals surface area contributed by atoms with Crippen molar-refractivity contribution in [3.8, 4) is 0 Å². The summed E-state index contributed by atoms with van der Waals surface area (Å²) in [5.41, 5.74) is 0. The lowest BCUT2D eigenvalue weighted by molar-refractivity contribution is -0.137. The topological polar surface area (TPSA) is 35.5 Å². The van der Waals surface area contributed by atoms with Gasteiger partial charge >= 0.3 is 5.97 Å². The van der Waals surface area contributed by atoms with Crippen LogP contribution in [0.4, 0.5) is 0 Å². The molecule has 0 saturated carbocycles. The van der Waals surface area contributed by atoms with Crippen molar-refractivity contribution in [2.24, 2.45) is 0 Å². The summed E-state index contributed by atoms with van der Waals surface area (Å²) in [5.74, 6) is -0.313. The molecule has 0 fully saturated rings. The molecule has 3 nitrogen and oxygen atoms in total. The Morgan fingerprint density at radius 1 is 1.36 bits per heavy atom. The molecule has 0 atom stereocenters. The average Bonchev–Trinajstić information content (AvgIpc) is 1.99. The first-order valence-corrected chi connectivity index (χ1v) is 3.72. The number of hydrogen-bond acceptors (Lipinski definition) is 3. The number of rotatable bonds is 5. The highest BCUT2D eigenvalue weighted by atomic mass is 16.5. The standard InChI is InChI=1S/C8H14O3/c1-3-10-7-5-6-8(9)11-4-2/h5-6H,3-4,7H2,1-2H3. The smallest absolute Gasteiger partial charge is 0.330 e. The molecule has 0 spiro atoms. The molecule has 3 heteroatoms. The molecule has 0 unspecified atom stereocenters. The molecule has 64 valence electrons. The van der Waals surface area contributed by atoms with Gasteiger partial charge in [0, 0.05) is 12.7 Å². The minimum Gasteiger partial charge on any atom is -0.463 e. The molecule has 0 bridgehead atoms. The van der Waals surface area contributed by atoms with Crippen LogP contribution in [0, 0.1) is 0 Å². The third-order valence-electron chi connectivity index (χ3n) is 0.959. The van der Waals surface area contributed by atoms with Crippen molar-refractivity contribution < 1.29 is 14.3 Å². The lowest BCUT2D eigenvalue weighted by atomic mass is 10.5. The molecule has 0 aliphatic rings. The highest BCUT2D eigenvalue weighted by Gasteiger charge is 1.90. The largest absolute Gasteiger partial charge is 0.463 e. The Balaban J connectivity index is 3.32. The second kappa shape index (κ2) is 7.28. The maximum atomic E-state index is 10.6. The van der Waals surface area contributed by atoms with Gasteiger partial charge in [0.25, 0.3) is 0 Å². The van der Waals surface area contributed by atoms with Crippen LogP contribution >= 0.6 is 0 Å². The maximum Gasteiger partial charge on any atom is 0.330 e. The Morgan fingerprint density at radius 3 is 2.64 bits per heavy atom. The third kappa shape index (κ3) is 7.06. The van der Waals surface area contributed by atoms with E-state index >= 15 is 0 Å². The summed E-state index contributed by atoms with van der Waals surface area (Å²) in [7, 11) is 0. The number of ether oxygens (including phenoxy) is 2. The summed E-state index contributed by atoms with van der Waals surface area (Å²) in [6.07, 6.45) is 3.01. The molecule has 0 aromatic heterocycles. The normalized spacial score (nSPS) is 10.4. The van der Waals surface area contributed by atoms with Crippen LogP contribution in [0.5, 0.6) is 0 Å². The van der Waals surface area contributed by atoms with Crippen LogP contribution in [0.3, 0.4) is 0 Å². The van der Waals surface area contributed by atoms with Gasteiger partial charge in [0.05, 0.1) is 13.2 Å². The molecule has 0 aliphatic carbocycles. The first-order chi connectivity index (χ1) is 5.31. The van der Waals surface area contributed by atoms with Gasteiger partial charge in [0.2, 0.25) is 0 Å². The Kier molecular flexibility index (Phi) is 6.73. The van der Waals surface area contributed by atoms with E-state index in [0.717, 1.165) is 0 Å². The van der Waals surface area contributed by atoms with E-state index in [1.807, 2.05) is 6.92 Å². The van der Waals surface area contributed by atoms with Gasteiger partial charge in [-0.3, -0.25) is 0 Å². The van der Waals surface area contributed by atoms with Gasteiger partial charge < -0.3 is 9.47 Å². The van der Waals surface area contributed by atoms with Crippen LogP contribution in [-0.2, 0) is 14.3 Å². The molecule has 0 aromatic carbocycles. The fourth-order valence-corrected chi connectivity index (χ4v) is 0.521. The zero-order valence-electron chi connectivity index (χ0n) is 7.00. The zero-order valence-corrected chi connectivity index (χ0v) is 7.00. The number of esters is 1. The molecule has 0 aromatic rings. The minimum atomic E-state index is -0.313. The van der Waals surface area contributed by atoms with Gasteiger partial charge in [0.1, 0.15) is 0 Å². The van der Waals surface area contributed by atoms with E-state index in [4.69, 9.17) is 4.74 Å². The van der Waals surface area contributed by atoms with E-state index in [-0.39, 0.29) is 5.97 Å². The van der Waals surface area contributed by atoms with E-state index in [2.05, 4.69) is 4.74 Å². The number of carbonyl (C=O) groups is 1. The Labute approximate surface area is 67.0 Å². The summed E-state index contributed by atoms with van der Waals surface area (Å²) in [6.45, 7) is 5.22. The van der Waals surface area contributed by atoms with E-state index in [1.165, 1.54) is 6.08 Å². The van der Waals surface area contributed by atoms with Crippen molar-refractivity contribution in [2.75, 3.05) is 19.8 Å². The lowest BCUT2D eigenvalue weighted by Gasteiger charge is -1.94. The first-order valence-electron chi connectivity index (χ1n) is 3.72. The number of carbonyl (C=O) groups excluding carboxylic acids is 1. The van der Waals surface area contributed by atoms with Crippen LogP contribution in [0.15, 0.2) is 12.2 Å². The van der Waals surface area contributed by atoms with Gasteiger partial charge in [-0.2, -0.15) is 0 Å². The van der Waals surface area contributed by atoms with Crippen molar-refractivity contribution in [2.45, 2.75) is 13.8 Å². The summed E-state index contributed by atoms with van der Waals surface area (Å²) in [6, 6.07) is 0. The fourth-order valence-electron chi connectivity index (χ4n) is 0.521. The van der Waals surface area contributed by atoms with Gasteiger partial charge in [0.15, 0.2) is 0 Å². The van der Waals surface area contributed by atoms with Gasteiger partial charge in [-0.05, 0) is 13.8 Å². The van der Waals surface area contributed by atoms with Crippen molar-refractivity contribution in [1.29, 1.82) is 0 Å². The summed E-state index contributed by atoms with van der Waals surface area (Å²) in [5, 5.41) is 0. The zero-order chi connectivity index (χ0) is 8.53. The molecule has 0 rings (SSSR count). The van der Waals surface area contributed by atoms with E-state index in [1.54, 1.807) is 13.0 Å². The summed E-state index contributed by atoms with van der Waals surface area (Å²) >= 11 is 0. The maximum absolute atomic E-state index is 10.6. The van der Waals surface area contributed by atoms with Crippen LogP contribution in [0.1, 0.15) is 13.8 Å². The van der Waals surface area contributed by atoms with Gasteiger partial charge in [-0.15, -0.1) is 0 Å². The first kappa shape index (κ1) is 10.2. The van der Waals surface area contributed by atoms with Crippen LogP contribution in [0.2, 0.25) is 0 Å². The molecule has 0 radical (unpaired) electrons. The van der Waals surface area contributed by atoms with E-state index in [0.29, 0.717) is 19.8 Å². The van der Waals surface area contributed by atoms with Crippen LogP contribution < -0.4 is 0 Å². The molecule has 0 amide bonds.